The standard InChI is InChI=1S/C24H28N2O7/c1-15-18(13-17-7-5-4-6-8-17)14-31-12-10-19(24(29)32-15)26-23(28)21-22(33-16(2)27)20(30-3)9-11-25-21/h4-9,11,15,18-19H,10,12-14H2,1-3H3,(H,26,28)/t15-,18+,19-/m0/s1. The predicted molar refractivity (Wildman–Crippen MR) is 118 cm³/mol. The van der Waals surface area contributed by atoms with Gasteiger partial charge in [-0.3, -0.25) is 9.59 Å². The molecule has 0 saturated carbocycles. The maximum atomic E-state index is 12.9. The molecule has 1 aliphatic heterocycles. The van der Waals surface area contributed by atoms with E-state index in [4.69, 9.17) is 18.9 Å². The van der Waals surface area contributed by atoms with Crippen molar-refractivity contribution in [3.05, 3.63) is 53.9 Å². The van der Waals surface area contributed by atoms with Crippen molar-refractivity contribution in [3.63, 3.8) is 0 Å². The van der Waals surface area contributed by atoms with Gasteiger partial charge in [-0.05, 0) is 18.9 Å². The zero-order valence-electron chi connectivity index (χ0n) is 18.9. The Morgan fingerprint density at radius 2 is 1.97 bits per heavy atom. The summed E-state index contributed by atoms with van der Waals surface area (Å²) in [6, 6.07) is 10.4. The minimum atomic E-state index is -0.950. The topological polar surface area (TPSA) is 113 Å². The second-order valence-electron chi connectivity index (χ2n) is 7.77. The van der Waals surface area contributed by atoms with E-state index in [1.54, 1.807) is 0 Å². The lowest BCUT2D eigenvalue weighted by molar-refractivity contribution is -0.153. The Hall–Kier alpha value is -3.46. The number of nitrogens with zero attached hydrogens (tertiary/aromatic N) is 1. The average molecular weight is 456 g/mol. The number of aromatic nitrogens is 1. The summed E-state index contributed by atoms with van der Waals surface area (Å²) in [6.45, 7) is 3.72. The van der Waals surface area contributed by atoms with Crippen molar-refractivity contribution in [1.82, 2.24) is 10.3 Å². The van der Waals surface area contributed by atoms with Crippen molar-refractivity contribution >= 4 is 17.8 Å². The molecular formula is C24H28N2O7. The summed E-state index contributed by atoms with van der Waals surface area (Å²) >= 11 is 0. The van der Waals surface area contributed by atoms with Crippen molar-refractivity contribution in [2.24, 2.45) is 5.92 Å². The fraction of sp³-hybridized carbons (Fsp3) is 0.417. The molecule has 1 N–H and O–H groups in total. The van der Waals surface area contributed by atoms with Gasteiger partial charge in [-0.2, -0.15) is 0 Å². The number of methoxy groups -OCH3 is 1. The minimum absolute atomic E-state index is 0.0265. The maximum Gasteiger partial charge on any atom is 0.329 e. The number of cyclic esters (lactones) is 1. The molecule has 3 atom stereocenters. The number of carbonyl (C=O) groups excluding carboxylic acids is 3. The highest BCUT2D eigenvalue weighted by Gasteiger charge is 2.31. The van der Waals surface area contributed by atoms with E-state index in [0.717, 1.165) is 5.56 Å². The van der Waals surface area contributed by atoms with Crippen LogP contribution in [-0.4, -0.2) is 55.3 Å². The smallest absolute Gasteiger partial charge is 0.329 e. The van der Waals surface area contributed by atoms with Gasteiger partial charge in [0.25, 0.3) is 5.91 Å². The number of hydrogen-bond acceptors (Lipinski definition) is 8. The molecule has 1 aliphatic rings. The molecule has 0 unspecified atom stereocenters. The molecule has 0 aliphatic carbocycles. The number of ether oxygens (including phenoxy) is 4. The highest BCUT2D eigenvalue weighted by Crippen LogP contribution is 2.30. The monoisotopic (exact) mass is 456 g/mol. The van der Waals surface area contributed by atoms with Crippen LogP contribution < -0.4 is 14.8 Å². The van der Waals surface area contributed by atoms with Crippen molar-refractivity contribution in [1.29, 1.82) is 0 Å². The molecule has 1 saturated heterocycles. The van der Waals surface area contributed by atoms with Crippen LogP contribution in [0.3, 0.4) is 0 Å². The SMILES string of the molecule is COc1ccnc(C(=O)N[C@H]2CCOC[C@@H](Cc3ccccc3)[C@H](C)OC2=O)c1OC(C)=O. The lowest BCUT2D eigenvalue weighted by Crippen LogP contribution is -2.44. The van der Waals surface area contributed by atoms with Crippen molar-refractivity contribution in [2.75, 3.05) is 20.3 Å². The van der Waals surface area contributed by atoms with Crippen LogP contribution in [0.25, 0.3) is 0 Å². The van der Waals surface area contributed by atoms with Crippen LogP contribution in [-0.2, 0) is 25.5 Å². The number of pyridine rings is 1. The van der Waals surface area contributed by atoms with Gasteiger partial charge in [0.15, 0.2) is 11.4 Å². The first-order valence-electron chi connectivity index (χ1n) is 10.7. The molecule has 1 amide bonds. The van der Waals surface area contributed by atoms with E-state index < -0.39 is 30.0 Å². The fourth-order valence-electron chi connectivity index (χ4n) is 3.55. The number of carbonyl (C=O) groups is 3. The third-order valence-corrected chi connectivity index (χ3v) is 5.33. The first kappa shape index (κ1) is 24.2. The molecule has 2 heterocycles. The third kappa shape index (κ3) is 6.52. The predicted octanol–water partition coefficient (Wildman–Crippen LogP) is 2.32. The lowest BCUT2D eigenvalue weighted by atomic mass is 9.95. The summed E-state index contributed by atoms with van der Waals surface area (Å²) in [7, 11) is 1.38. The molecule has 0 radical (unpaired) electrons. The lowest BCUT2D eigenvalue weighted by Gasteiger charge is -2.24. The third-order valence-electron chi connectivity index (χ3n) is 5.33. The Labute approximate surface area is 192 Å². The molecule has 3 rings (SSSR count). The molecule has 33 heavy (non-hydrogen) atoms. The second kappa shape index (κ2) is 11.4. The normalized spacial score (nSPS) is 21.1. The Kier molecular flexibility index (Phi) is 8.37. The molecule has 1 aromatic heterocycles. The summed E-state index contributed by atoms with van der Waals surface area (Å²) in [6.07, 6.45) is 1.86. The van der Waals surface area contributed by atoms with Crippen molar-refractivity contribution in [3.8, 4) is 11.5 Å². The summed E-state index contributed by atoms with van der Waals surface area (Å²) in [4.78, 5) is 41.3. The van der Waals surface area contributed by atoms with Crippen LogP contribution in [0.1, 0.15) is 36.3 Å². The number of nitrogens with one attached hydrogen (secondary N) is 1. The first-order chi connectivity index (χ1) is 15.9. The quantitative estimate of drug-likeness (QED) is 0.659. The van der Waals surface area contributed by atoms with Crippen molar-refractivity contribution < 1.29 is 33.3 Å². The van der Waals surface area contributed by atoms with Gasteiger partial charge < -0.3 is 24.3 Å². The van der Waals surface area contributed by atoms with E-state index in [1.807, 2.05) is 37.3 Å². The molecule has 176 valence electrons. The van der Waals surface area contributed by atoms with Gasteiger partial charge in [0.1, 0.15) is 12.1 Å². The molecule has 9 heteroatoms. The Balaban J connectivity index is 1.72. The average Bonchev–Trinajstić information content (AvgIpc) is 2.85. The summed E-state index contributed by atoms with van der Waals surface area (Å²) in [5.41, 5.74) is 0.952. The van der Waals surface area contributed by atoms with Crippen LogP contribution in [0, 0.1) is 5.92 Å². The van der Waals surface area contributed by atoms with Crippen molar-refractivity contribution in [2.45, 2.75) is 38.8 Å². The highest BCUT2D eigenvalue weighted by molar-refractivity contribution is 5.98. The van der Waals surface area contributed by atoms with Gasteiger partial charge in [0.05, 0.1) is 13.7 Å². The zero-order valence-corrected chi connectivity index (χ0v) is 18.9. The molecule has 1 aromatic carbocycles. The zero-order chi connectivity index (χ0) is 23.8. The van der Waals surface area contributed by atoms with Gasteiger partial charge in [0.2, 0.25) is 5.75 Å². The number of rotatable bonds is 6. The molecule has 2 aromatic rings. The second-order valence-corrected chi connectivity index (χ2v) is 7.77. The van der Waals surface area contributed by atoms with E-state index in [2.05, 4.69) is 10.3 Å². The number of benzene rings is 1. The van der Waals surface area contributed by atoms with E-state index in [-0.39, 0.29) is 36.1 Å². The fourth-order valence-corrected chi connectivity index (χ4v) is 3.55. The molecular weight excluding hydrogens is 428 g/mol. The van der Waals surface area contributed by atoms with E-state index in [0.29, 0.717) is 13.0 Å². The summed E-state index contributed by atoms with van der Waals surface area (Å²) < 4.78 is 21.8. The minimum Gasteiger partial charge on any atom is -0.493 e. The highest BCUT2D eigenvalue weighted by atomic mass is 16.6. The Morgan fingerprint density at radius 3 is 2.67 bits per heavy atom. The van der Waals surface area contributed by atoms with Crippen LogP contribution in [0.15, 0.2) is 42.6 Å². The Bertz CT molecular complexity index is 980. The van der Waals surface area contributed by atoms with E-state index >= 15 is 0 Å². The molecule has 1 fully saturated rings. The van der Waals surface area contributed by atoms with Gasteiger partial charge in [-0.15, -0.1) is 0 Å². The number of esters is 2. The number of amides is 1. The van der Waals surface area contributed by atoms with E-state index in [9.17, 15) is 14.4 Å². The van der Waals surface area contributed by atoms with Crippen LogP contribution in [0.2, 0.25) is 0 Å². The van der Waals surface area contributed by atoms with Crippen LogP contribution >= 0.6 is 0 Å². The largest absolute Gasteiger partial charge is 0.493 e. The van der Waals surface area contributed by atoms with Gasteiger partial charge >= 0.3 is 11.9 Å². The maximum absolute atomic E-state index is 12.9. The van der Waals surface area contributed by atoms with Gasteiger partial charge in [-0.1, -0.05) is 30.3 Å². The first-order valence-corrected chi connectivity index (χ1v) is 10.7. The van der Waals surface area contributed by atoms with Gasteiger partial charge in [0, 0.05) is 38.1 Å². The molecule has 0 bridgehead atoms. The summed E-state index contributed by atoms with van der Waals surface area (Å²) in [5.74, 6) is -1.86. The van der Waals surface area contributed by atoms with Crippen LogP contribution in [0.4, 0.5) is 0 Å². The Morgan fingerprint density at radius 1 is 1.21 bits per heavy atom. The van der Waals surface area contributed by atoms with Crippen LogP contribution in [0.5, 0.6) is 11.5 Å². The summed E-state index contributed by atoms with van der Waals surface area (Å²) in [5, 5.41) is 2.63. The molecule has 9 nitrogen and oxygen atoms in total. The van der Waals surface area contributed by atoms with Gasteiger partial charge in [-0.25, -0.2) is 9.78 Å². The number of hydrogen-bond donors (Lipinski definition) is 1. The van der Waals surface area contributed by atoms with E-state index in [1.165, 1.54) is 26.3 Å². The molecule has 0 spiro atoms.